The number of fused-ring (bicyclic) bond motifs is 1. The van der Waals surface area contributed by atoms with Gasteiger partial charge in [-0.3, -0.25) is 19.3 Å². The Kier molecular flexibility index (Phi) is 6.32. The zero-order valence-electron chi connectivity index (χ0n) is 15.2. The van der Waals surface area contributed by atoms with Gasteiger partial charge in [-0.25, -0.2) is 4.79 Å². The number of carbonyl (C=O) groups is 4. The van der Waals surface area contributed by atoms with Crippen molar-refractivity contribution >= 4 is 23.8 Å². The molecule has 0 saturated heterocycles. The Morgan fingerprint density at radius 1 is 1.00 bits per heavy atom. The molecule has 1 heterocycles. The van der Waals surface area contributed by atoms with Crippen molar-refractivity contribution < 1.29 is 19.2 Å². The van der Waals surface area contributed by atoms with E-state index in [1.54, 1.807) is 29.2 Å². The van der Waals surface area contributed by atoms with Crippen LogP contribution in [0.15, 0.2) is 24.3 Å². The van der Waals surface area contributed by atoms with E-state index in [0.29, 0.717) is 24.2 Å². The Bertz CT molecular complexity index is 680. The number of rotatable bonds is 7. The average Bonchev–Trinajstić information content (AvgIpc) is 2.90. The molecule has 140 valence electrons. The van der Waals surface area contributed by atoms with E-state index in [4.69, 9.17) is 0 Å². The summed E-state index contributed by atoms with van der Waals surface area (Å²) in [6.45, 7) is 6.95. The fourth-order valence-corrected chi connectivity index (χ4v) is 2.80. The predicted molar refractivity (Wildman–Crippen MR) is 95.7 cm³/mol. The lowest BCUT2D eigenvalue weighted by atomic mass is 10.1. The normalized spacial score (nSPS) is 14.0. The summed E-state index contributed by atoms with van der Waals surface area (Å²) in [4.78, 5) is 51.4. The second kappa shape index (κ2) is 8.46. The van der Waals surface area contributed by atoms with E-state index < -0.39 is 23.8 Å². The molecular weight excluding hydrogens is 336 g/mol. The fourth-order valence-electron chi connectivity index (χ4n) is 2.80. The number of amides is 5. The van der Waals surface area contributed by atoms with Crippen molar-refractivity contribution in [1.82, 2.24) is 20.4 Å². The molecule has 0 saturated carbocycles. The van der Waals surface area contributed by atoms with Crippen LogP contribution < -0.4 is 10.6 Å². The first kappa shape index (κ1) is 19.4. The molecule has 2 N–H and O–H groups in total. The SMILES string of the molecule is CCN(CC)C(=O)NCCNC(=O)C(C)N1C(=O)c2ccccc2C1=O. The second-order valence-corrected chi connectivity index (χ2v) is 5.90. The number of hydrogen-bond donors (Lipinski definition) is 2. The third-order valence-corrected chi connectivity index (χ3v) is 4.34. The van der Waals surface area contributed by atoms with Gasteiger partial charge in [0.25, 0.3) is 11.8 Å². The zero-order chi connectivity index (χ0) is 19.3. The molecule has 1 atom stereocenters. The minimum atomic E-state index is -0.930. The number of benzene rings is 1. The van der Waals surface area contributed by atoms with E-state index in [9.17, 15) is 19.2 Å². The second-order valence-electron chi connectivity index (χ2n) is 5.90. The van der Waals surface area contributed by atoms with Gasteiger partial charge < -0.3 is 15.5 Å². The van der Waals surface area contributed by atoms with Crippen LogP contribution >= 0.6 is 0 Å². The molecule has 8 nitrogen and oxygen atoms in total. The van der Waals surface area contributed by atoms with E-state index in [1.807, 2.05) is 13.8 Å². The lowest BCUT2D eigenvalue weighted by molar-refractivity contribution is -0.124. The van der Waals surface area contributed by atoms with E-state index in [-0.39, 0.29) is 19.1 Å². The van der Waals surface area contributed by atoms with Crippen LogP contribution in [0.4, 0.5) is 4.79 Å². The van der Waals surface area contributed by atoms with Gasteiger partial charge in [0.1, 0.15) is 6.04 Å². The van der Waals surface area contributed by atoms with Gasteiger partial charge >= 0.3 is 6.03 Å². The van der Waals surface area contributed by atoms with Gasteiger partial charge in [-0.2, -0.15) is 0 Å². The largest absolute Gasteiger partial charge is 0.353 e. The maximum absolute atomic E-state index is 12.4. The van der Waals surface area contributed by atoms with Gasteiger partial charge in [-0.15, -0.1) is 0 Å². The minimum Gasteiger partial charge on any atom is -0.353 e. The quantitative estimate of drug-likeness (QED) is 0.556. The molecule has 1 aromatic rings. The van der Waals surface area contributed by atoms with Gasteiger partial charge in [0.2, 0.25) is 5.91 Å². The highest BCUT2D eigenvalue weighted by Crippen LogP contribution is 2.24. The molecule has 1 unspecified atom stereocenters. The van der Waals surface area contributed by atoms with Crippen molar-refractivity contribution in [3.05, 3.63) is 35.4 Å². The third-order valence-electron chi connectivity index (χ3n) is 4.34. The Hall–Kier alpha value is -2.90. The van der Waals surface area contributed by atoms with Crippen molar-refractivity contribution in [3.8, 4) is 0 Å². The third kappa shape index (κ3) is 3.84. The summed E-state index contributed by atoms with van der Waals surface area (Å²) in [5, 5.41) is 5.34. The van der Waals surface area contributed by atoms with Crippen LogP contribution in [0, 0.1) is 0 Å². The summed E-state index contributed by atoms with van der Waals surface area (Å²) in [6.07, 6.45) is 0. The molecule has 1 aromatic carbocycles. The number of carbonyl (C=O) groups excluding carboxylic acids is 4. The number of imide groups is 1. The first-order chi connectivity index (χ1) is 12.4. The summed E-state index contributed by atoms with van der Waals surface area (Å²) >= 11 is 0. The number of urea groups is 1. The van der Waals surface area contributed by atoms with E-state index in [0.717, 1.165) is 4.90 Å². The van der Waals surface area contributed by atoms with Crippen LogP contribution in [0.1, 0.15) is 41.5 Å². The molecule has 0 bridgehead atoms. The summed E-state index contributed by atoms with van der Waals surface area (Å²) in [6, 6.07) is 5.37. The molecule has 1 aliphatic heterocycles. The molecule has 5 amide bonds. The summed E-state index contributed by atoms with van der Waals surface area (Å²) in [5.41, 5.74) is 0.618. The first-order valence-corrected chi connectivity index (χ1v) is 8.69. The van der Waals surface area contributed by atoms with Crippen molar-refractivity contribution in [1.29, 1.82) is 0 Å². The molecule has 0 spiro atoms. The maximum atomic E-state index is 12.4. The number of nitrogens with zero attached hydrogens (tertiary/aromatic N) is 2. The molecule has 0 radical (unpaired) electrons. The van der Waals surface area contributed by atoms with Gasteiger partial charge in [-0.1, -0.05) is 12.1 Å². The Balaban J connectivity index is 1.86. The van der Waals surface area contributed by atoms with Crippen molar-refractivity contribution in [2.45, 2.75) is 26.8 Å². The monoisotopic (exact) mass is 360 g/mol. The topological polar surface area (TPSA) is 98.8 Å². The van der Waals surface area contributed by atoms with Gasteiger partial charge in [0, 0.05) is 26.2 Å². The standard InChI is InChI=1S/C18H24N4O4/c1-4-21(5-2)18(26)20-11-10-19-15(23)12(3)22-16(24)13-8-6-7-9-14(13)17(22)25/h6-9,12H,4-5,10-11H2,1-3H3,(H,19,23)(H,20,26). The molecule has 0 aliphatic carbocycles. The maximum Gasteiger partial charge on any atom is 0.317 e. The molecule has 26 heavy (non-hydrogen) atoms. The highest BCUT2D eigenvalue weighted by atomic mass is 16.2. The van der Waals surface area contributed by atoms with Crippen LogP contribution in [0.25, 0.3) is 0 Å². The van der Waals surface area contributed by atoms with Crippen molar-refractivity contribution in [3.63, 3.8) is 0 Å². The molecule has 2 rings (SSSR count). The zero-order valence-corrected chi connectivity index (χ0v) is 15.2. The minimum absolute atomic E-state index is 0.197. The van der Waals surface area contributed by atoms with Crippen molar-refractivity contribution in [2.24, 2.45) is 0 Å². The summed E-state index contributed by atoms with van der Waals surface area (Å²) in [7, 11) is 0. The fraction of sp³-hybridized carbons (Fsp3) is 0.444. The van der Waals surface area contributed by atoms with Crippen LogP contribution in [-0.4, -0.2) is 65.8 Å². The first-order valence-electron chi connectivity index (χ1n) is 8.69. The van der Waals surface area contributed by atoms with E-state index in [2.05, 4.69) is 10.6 Å². The summed E-state index contributed by atoms with van der Waals surface area (Å²) < 4.78 is 0. The van der Waals surface area contributed by atoms with Crippen LogP contribution in [0.5, 0.6) is 0 Å². The highest BCUT2D eigenvalue weighted by molar-refractivity contribution is 6.22. The molecule has 1 aliphatic rings. The van der Waals surface area contributed by atoms with Crippen LogP contribution in [-0.2, 0) is 4.79 Å². The Labute approximate surface area is 152 Å². The molecule has 8 heteroatoms. The van der Waals surface area contributed by atoms with Gasteiger partial charge in [-0.05, 0) is 32.9 Å². The lowest BCUT2D eigenvalue weighted by Crippen LogP contribution is -2.49. The number of hydrogen-bond acceptors (Lipinski definition) is 4. The smallest absolute Gasteiger partial charge is 0.317 e. The molecule has 0 fully saturated rings. The molecular formula is C18H24N4O4. The Morgan fingerprint density at radius 2 is 1.50 bits per heavy atom. The Morgan fingerprint density at radius 3 is 2.00 bits per heavy atom. The van der Waals surface area contributed by atoms with Crippen LogP contribution in [0.3, 0.4) is 0 Å². The van der Waals surface area contributed by atoms with Gasteiger partial charge in [0.15, 0.2) is 0 Å². The lowest BCUT2D eigenvalue weighted by Gasteiger charge is -2.22. The summed E-state index contributed by atoms with van der Waals surface area (Å²) in [5.74, 6) is -1.39. The van der Waals surface area contributed by atoms with Crippen LogP contribution in [0.2, 0.25) is 0 Å². The predicted octanol–water partition coefficient (Wildman–Crippen LogP) is 0.839. The average molecular weight is 360 g/mol. The van der Waals surface area contributed by atoms with E-state index in [1.165, 1.54) is 6.92 Å². The highest BCUT2D eigenvalue weighted by Gasteiger charge is 2.40. The number of nitrogens with one attached hydrogen (secondary N) is 2. The molecule has 0 aromatic heterocycles. The van der Waals surface area contributed by atoms with E-state index >= 15 is 0 Å². The van der Waals surface area contributed by atoms with Gasteiger partial charge in [0.05, 0.1) is 11.1 Å². The van der Waals surface area contributed by atoms with Crippen molar-refractivity contribution in [2.75, 3.05) is 26.2 Å².